The number of hydrogen-bond acceptors (Lipinski definition) is 2. The molecule has 0 aromatic heterocycles. The molecule has 120 valence electrons. The van der Waals surface area contributed by atoms with Gasteiger partial charge in [0.05, 0.1) is 11.7 Å². The third-order valence-electron chi connectivity index (χ3n) is 3.55. The number of rotatable bonds is 5. The normalized spacial score (nSPS) is 15.8. The van der Waals surface area contributed by atoms with Crippen LogP contribution in [0.2, 0.25) is 0 Å². The fraction of sp³-hybridized carbons (Fsp3) is 0.625. The molecule has 1 aromatic carbocycles. The Bertz CT molecular complexity index is 452. The van der Waals surface area contributed by atoms with Crippen LogP contribution in [0.1, 0.15) is 31.9 Å². The summed E-state index contributed by atoms with van der Waals surface area (Å²) in [6.45, 7) is 6.16. The van der Waals surface area contributed by atoms with Crippen molar-refractivity contribution in [2.24, 2.45) is 5.41 Å². The molecule has 0 amide bonds. The Morgan fingerprint density at radius 2 is 1.81 bits per heavy atom. The first-order chi connectivity index (χ1) is 9.59. The number of nitrogens with one attached hydrogen (secondary N) is 1. The first-order valence-electron chi connectivity index (χ1n) is 6.95. The summed E-state index contributed by atoms with van der Waals surface area (Å²) in [6, 6.07) is 5.41. The van der Waals surface area contributed by atoms with E-state index >= 15 is 0 Å². The van der Waals surface area contributed by atoms with Crippen molar-refractivity contribution in [3.05, 3.63) is 35.4 Å². The lowest BCUT2D eigenvalue weighted by atomic mass is 9.82. The molecule has 2 unspecified atom stereocenters. The number of benzene rings is 1. The molecule has 0 spiro atoms. The minimum absolute atomic E-state index is 0.0570. The van der Waals surface area contributed by atoms with E-state index in [-0.39, 0.29) is 17.6 Å². The minimum atomic E-state index is -4.31. The first kappa shape index (κ1) is 18.0. The van der Waals surface area contributed by atoms with Crippen LogP contribution in [0.3, 0.4) is 0 Å². The van der Waals surface area contributed by atoms with E-state index in [2.05, 4.69) is 26.1 Å². The van der Waals surface area contributed by atoms with Gasteiger partial charge in [-0.25, -0.2) is 0 Å². The summed E-state index contributed by atoms with van der Waals surface area (Å²) in [7, 11) is 3.43. The molecule has 2 atom stereocenters. The van der Waals surface area contributed by atoms with Gasteiger partial charge in [0.15, 0.2) is 0 Å². The molecule has 5 heteroatoms. The van der Waals surface area contributed by atoms with E-state index in [1.165, 1.54) is 12.1 Å². The fourth-order valence-corrected chi connectivity index (χ4v) is 2.61. The summed E-state index contributed by atoms with van der Waals surface area (Å²) in [6.07, 6.45) is -3.93. The molecule has 0 fully saturated rings. The quantitative estimate of drug-likeness (QED) is 0.891. The predicted octanol–water partition coefficient (Wildman–Crippen LogP) is 3.90. The van der Waals surface area contributed by atoms with Crippen molar-refractivity contribution in [2.75, 3.05) is 14.2 Å². The second-order valence-electron chi connectivity index (χ2n) is 6.32. The van der Waals surface area contributed by atoms with Crippen molar-refractivity contribution >= 4 is 0 Å². The summed E-state index contributed by atoms with van der Waals surface area (Å²) in [5, 5.41) is 3.16. The highest BCUT2D eigenvalue weighted by molar-refractivity contribution is 5.26. The van der Waals surface area contributed by atoms with Crippen molar-refractivity contribution in [1.82, 2.24) is 5.32 Å². The van der Waals surface area contributed by atoms with E-state index in [4.69, 9.17) is 4.74 Å². The number of likely N-dealkylation sites (N-methyl/N-ethyl adjacent to an activating group) is 1. The molecule has 0 radical (unpaired) electrons. The van der Waals surface area contributed by atoms with Crippen LogP contribution in [0.25, 0.3) is 0 Å². The zero-order valence-electron chi connectivity index (χ0n) is 13.2. The van der Waals surface area contributed by atoms with Gasteiger partial charge >= 0.3 is 6.18 Å². The predicted molar refractivity (Wildman–Crippen MR) is 78.2 cm³/mol. The molecule has 0 bridgehead atoms. The second-order valence-corrected chi connectivity index (χ2v) is 6.32. The molecule has 1 N–H and O–H groups in total. The number of hydrogen-bond donors (Lipinski definition) is 1. The molecule has 1 rings (SSSR count). The molecule has 21 heavy (non-hydrogen) atoms. The molecule has 0 heterocycles. The van der Waals surface area contributed by atoms with Crippen LogP contribution in [0.15, 0.2) is 24.3 Å². The van der Waals surface area contributed by atoms with E-state index in [0.717, 1.165) is 6.07 Å². The Balaban J connectivity index is 2.97. The van der Waals surface area contributed by atoms with Gasteiger partial charge in [0.1, 0.15) is 0 Å². The zero-order chi connectivity index (χ0) is 16.3. The van der Waals surface area contributed by atoms with Crippen LogP contribution in [0.5, 0.6) is 0 Å². The third kappa shape index (κ3) is 5.00. The van der Waals surface area contributed by atoms with Crippen molar-refractivity contribution in [3.8, 4) is 0 Å². The van der Waals surface area contributed by atoms with Gasteiger partial charge in [0.25, 0.3) is 0 Å². The van der Waals surface area contributed by atoms with E-state index in [9.17, 15) is 13.2 Å². The molecular weight excluding hydrogens is 279 g/mol. The monoisotopic (exact) mass is 303 g/mol. The highest BCUT2D eigenvalue weighted by Gasteiger charge is 2.33. The Labute approximate surface area is 124 Å². The summed E-state index contributed by atoms with van der Waals surface area (Å²) in [5.41, 5.74) is -0.0700. The standard InChI is InChI=1S/C16H24F3NO/c1-15(2,3)14(21-5)13(20-4)10-11-7-6-8-12(9-11)16(17,18)19/h6-9,13-14,20H,10H2,1-5H3. The molecular formula is C16H24F3NO. The SMILES string of the molecule is CNC(Cc1cccc(C(F)(F)F)c1)C(OC)C(C)(C)C. The van der Waals surface area contributed by atoms with Gasteiger partial charge in [-0.05, 0) is 30.5 Å². The highest BCUT2D eigenvalue weighted by atomic mass is 19.4. The maximum absolute atomic E-state index is 12.8. The van der Waals surface area contributed by atoms with Crippen LogP contribution < -0.4 is 5.32 Å². The van der Waals surface area contributed by atoms with Gasteiger partial charge in [-0.3, -0.25) is 0 Å². The smallest absolute Gasteiger partial charge is 0.379 e. The highest BCUT2D eigenvalue weighted by Crippen LogP contribution is 2.31. The van der Waals surface area contributed by atoms with Crippen molar-refractivity contribution in [3.63, 3.8) is 0 Å². The van der Waals surface area contributed by atoms with Crippen molar-refractivity contribution in [2.45, 2.75) is 45.5 Å². The largest absolute Gasteiger partial charge is 0.416 e. The molecule has 0 aliphatic rings. The van der Waals surface area contributed by atoms with Crippen LogP contribution in [-0.4, -0.2) is 26.3 Å². The van der Waals surface area contributed by atoms with E-state index in [1.54, 1.807) is 20.2 Å². The average molecular weight is 303 g/mol. The molecule has 2 nitrogen and oxygen atoms in total. The summed E-state index contributed by atoms with van der Waals surface area (Å²) in [4.78, 5) is 0. The van der Waals surface area contributed by atoms with Gasteiger partial charge in [0.2, 0.25) is 0 Å². The Morgan fingerprint density at radius 1 is 1.19 bits per heavy atom. The molecule has 1 aromatic rings. The second kappa shape index (κ2) is 6.79. The van der Waals surface area contributed by atoms with Gasteiger partial charge in [0, 0.05) is 13.2 Å². The number of methoxy groups -OCH3 is 1. The van der Waals surface area contributed by atoms with E-state index in [0.29, 0.717) is 12.0 Å². The van der Waals surface area contributed by atoms with E-state index < -0.39 is 11.7 Å². The molecule has 0 aliphatic carbocycles. The topological polar surface area (TPSA) is 21.3 Å². The van der Waals surface area contributed by atoms with Crippen molar-refractivity contribution < 1.29 is 17.9 Å². The zero-order valence-corrected chi connectivity index (χ0v) is 13.2. The Hall–Kier alpha value is -1.07. The third-order valence-corrected chi connectivity index (χ3v) is 3.55. The average Bonchev–Trinajstić information content (AvgIpc) is 2.36. The summed E-state index contributed by atoms with van der Waals surface area (Å²) >= 11 is 0. The van der Waals surface area contributed by atoms with E-state index in [1.807, 2.05) is 0 Å². The summed E-state index contributed by atoms with van der Waals surface area (Å²) < 4.78 is 43.8. The number of halogens is 3. The Kier molecular flexibility index (Phi) is 5.82. The lowest BCUT2D eigenvalue weighted by Crippen LogP contribution is -2.47. The maximum Gasteiger partial charge on any atom is 0.416 e. The minimum Gasteiger partial charge on any atom is -0.379 e. The first-order valence-corrected chi connectivity index (χ1v) is 6.95. The molecule has 0 saturated carbocycles. The fourth-order valence-electron chi connectivity index (χ4n) is 2.61. The molecule has 0 saturated heterocycles. The van der Waals surface area contributed by atoms with Crippen LogP contribution >= 0.6 is 0 Å². The summed E-state index contributed by atoms with van der Waals surface area (Å²) in [5.74, 6) is 0. The van der Waals surface area contributed by atoms with Gasteiger partial charge in [-0.1, -0.05) is 39.0 Å². The lowest BCUT2D eigenvalue weighted by molar-refractivity contribution is -0.137. The van der Waals surface area contributed by atoms with Crippen LogP contribution in [0, 0.1) is 5.41 Å². The van der Waals surface area contributed by atoms with Gasteiger partial charge in [-0.2, -0.15) is 13.2 Å². The van der Waals surface area contributed by atoms with Gasteiger partial charge in [-0.15, -0.1) is 0 Å². The van der Waals surface area contributed by atoms with Gasteiger partial charge < -0.3 is 10.1 Å². The molecule has 0 aliphatic heterocycles. The van der Waals surface area contributed by atoms with Crippen LogP contribution in [0.4, 0.5) is 13.2 Å². The number of ether oxygens (including phenoxy) is 1. The van der Waals surface area contributed by atoms with Crippen molar-refractivity contribution in [1.29, 1.82) is 0 Å². The lowest BCUT2D eigenvalue weighted by Gasteiger charge is -2.36. The maximum atomic E-state index is 12.8. The Morgan fingerprint density at radius 3 is 2.24 bits per heavy atom. The van der Waals surface area contributed by atoms with Crippen LogP contribution in [-0.2, 0) is 17.3 Å². The number of alkyl halides is 3.